The summed E-state index contributed by atoms with van der Waals surface area (Å²) in [4.78, 5) is 126. The first-order valence-electron chi connectivity index (χ1n) is 16.8. The molecule has 2 heterocycles. The van der Waals surface area contributed by atoms with E-state index < -0.39 is 116 Å². The van der Waals surface area contributed by atoms with Crippen LogP contribution in [0.5, 0.6) is 0 Å². The molecule has 0 fully saturated rings. The Labute approximate surface area is 313 Å². The van der Waals surface area contributed by atoms with Crippen LogP contribution in [0.1, 0.15) is 38.1 Å². The topological polar surface area (TPSA) is 388 Å². The maximum Gasteiger partial charge on any atom is 0.326 e. The zero-order valence-corrected chi connectivity index (χ0v) is 30.0. The molecule has 0 aliphatic carbocycles. The Morgan fingerprint density at radius 3 is 1.56 bits per heavy atom. The fraction of sp³-hybridized carbons (Fsp3) is 0.516. The molecule has 0 aliphatic rings. The third kappa shape index (κ3) is 16.4. The van der Waals surface area contributed by atoms with Gasteiger partial charge in [-0.15, -0.1) is 0 Å². The number of hydrogen-bond acceptors (Lipinski definition) is 13. The highest BCUT2D eigenvalue weighted by Gasteiger charge is 2.30. The van der Waals surface area contributed by atoms with Crippen LogP contribution in [0.4, 0.5) is 0 Å². The number of aromatic nitrogens is 4. The summed E-state index contributed by atoms with van der Waals surface area (Å²) in [6.45, 7) is 0.547. The highest BCUT2D eigenvalue weighted by molar-refractivity contribution is 5.96. The number of carboxylic acids is 1. The van der Waals surface area contributed by atoms with Gasteiger partial charge in [-0.05, 0) is 12.3 Å². The minimum atomic E-state index is -1.46. The summed E-state index contributed by atoms with van der Waals surface area (Å²) in [7, 11) is 0. The van der Waals surface area contributed by atoms with Crippen molar-refractivity contribution in [3.63, 3.8) is 0 Å². The summed E-state index contributed by atoms with van der Waals surface area (Å²) >= 11 is 0. The van der Waals surface area contributed by atoms with Gasteiger partial charge in [0.1, 0.15) is 30.2 Å². The highest BCUT2D eigenvalue weighted by atomic mass is 16.4. The number of hydrogen-bond donors (Lipinski definition) is 13. The molecule has 2 aromatic heterocycles. The summed E-state index contributed by atoms with van der Waals surface area (Å²) in [5.41, 5.74) is 11.5. The molecule has 0 bridgehead atoms. The van der Waals surface area contributed by atoms with Crippen molar-refractivity contribution in [1.29, 1.82) is 0 Å². The van der Waals surface area contributed by atoms with Crippen LogP contribution >= 0.6 is 0 Å². The molecule has 24 nitrogen and oxygen atoms in total. The zero-order chi connectivity index (χ0) is 41.1. The van der Waals surface area contributed by atoms with Crippen molar-refractivity contribution >= 4 is 53.2 Å². The van der Waals surface area contributed by atoms with Gasteiger partial charge in [-0.2, -0.15) is 0 Å². The lowest BCUT2D eigenvalue weighted by Crippen LogP contribution is -2.57. The number of aliphatic hydroxyl groups excluding tert-OH is 1. The molecule has 15 N–H and O–H groups in total. The van der Waals surface area contributed by atoms with Crippen LogP contribution < -0.4 is 48.7 Å². The number of imidazole rings is 2. The summed E-state index contributed by atoms with van der Waals surface area (Å²) in [6.07, 6.45) is 4.43. The van der Waals surface area contributed by atoms with Gasteiger partial charge in [0.25, 0.3) is 0 Å². The van der Waals surface area contributed by atoms with Crippen LogP contribution in [0.25, 0.3) is 0 Å². The molecule has 0 saturated carbocycles. The SMILES string of the molecule is CC(C)[C@H](NC(=O)CNC(=O)[C@H](Cc1cnc[nH]1)NC(=O)[C@H](CCC(N)=O)NC(=O)CNC(=O)[C@H](Cc1cnc[nH]1)NC(=O)CNC(=O)[C@@H](N)CO)C(=O)O. The Kier molecular flexibility index (Phi) is 18.4. The van der Waals surface area contributed by atoms with Crippen LogP contribution in [0.3, 0.4) is 0 Å². The molecule has 24 heteroatoms. The summed E-state index contributed by atoms with van der Waals surface area (Å²) in [6, 6.07) is -6.62. The van der Waals surface area contributed by atoms with Gasteiger partial charge in [0.05, 0.1) is 38.9 Å². The average Bonchev–Trinajstić information content (AvgIpc) is 3.86. The molecule has 302 valence electrons. The number of aromatic amines is 2. The first-order chi connectivity index (χ1) is 26.0. The van der Waals surface area contributed by atoms with E-state index in [1.54, 1.807) is 13.8 Å². The van der Waals surface area contributed by atoms with Gasteiger partial charge < -0.3 is 68.9 Å². The number of nitrogens with two attached hydrogens (primary N) is 2. The van der Waals surface area contributed by atoms with E-state index in [1.165, 1.54) is 25.0 Å². The fourth-order valence-electron chi connectivity index (χ4n) is 4.67. The lowest BCUT2D eigenvalue weighted by Gasteiger charge is -2.23. The molecule has 5 atom stereocenters. The van der Waals surface area contributed by atoms with E-state index >= 15 is 0 Å². The van der Waals surface area contributed by atoms with Crippen LogP contribution in [0.15, 0.2) is 25.0 Å². The third-order valence-corrected chi connectivity index (χ3v) is 7.63. The van der Waals surface area contributed by atoms with Crippen LogP contribution in [-0.4, -0.2) is 140 Å². The molecular weight excluding hydrogens is 730 g/mol. The molecule has 0 radical (unpaired) electrons. The molecule has 2 rings (SSSR count). The molecule has 0 unspecified atom stereocenters. The summed E-state index contributed by atoms with van der Waals surface area (Å²) < 4.78 is 0. The van der Waals surface area contributed by atoms with Gasteiger partial charge in [-0.3, -0.25) is 38.4 Å². The van der Waals surface area contributed by atoms with Gasteiger partial charge in [0.2, 0.25) is 47.3 Å². The monoisotopic (exact) mass is 777 g/mol. The maximum absolute atomic E-state index is 13.5. The fourth-order valence-corrected chi connectivity index (χ4v) is 4.67. The molecule has 2 aromatic rings. The summed E-state index contributed by atoms with van der Waals surface area (Å²) in [5.74, 6) is -8.54. The Morgan fingerprint density at radius 1 is 0.691 bits per heavy atom. The van der Waals surface area contributed by atoms with Crippen molar-refractivity contribution in [1.82, 2.24) is 57.2 Å². The molecule has 0 aliphatic heterocycles. The Hall–Kier alpha value is -6.43. The van der Waals surface area contributed by atoms with Gasteiger partial charge in [0.15, 0.2) is 0 Å². The van der Waals surface area contributed by atoms with Gasteiger partial charge in [-0.25, -0.2) is 14.8 Å². The molecule has 55 heavy (non-hydrogen) atoms. The number of carbonyl (C=O) groups is 9. The van der Waals surface area contributed by atoms with E-state index in [0.717, 1.165) is 0 Å². The Bertz CT molecular complexity index is 1630. The lowest BCUT2D eigenvalue weighted by atomic mass is 10.0. The molecule has 0 aromatic carbocycles. The predicted molar refractivity (Wildman–Crippen MR) is 187 cm³/mol. The maximum atomic E-state index is 13.5. The molecule has 0 saturated heterocycles. The highest BCUT2D eigenvalue weighted by Crippen LogP contribution is 2.05. The largest absolute Gasteiger partial charge is 0.480 e. The lowest BCUT2D eigenvalue weighted by molar-refractivity contribution is -0.143. The molecular formula is C31H47N13O11. The average molecular weight is 778 g/mol. The van der Waals surface area contributed by atoms with E-state index in [0.29, 0.717) is 11.4 Å². The van der Waals surface area contributed by atoms with E-state index in [9.17, 15) is 48.3 Å². The second-order valence-electron chi connectivity index (χ2n) is 12.4. The first kappa shape index (κ1) is 44.7. The third-order valence-electron chi connectivity index (χ3n) is 7.63. The second-order valence-corrected chi connectivity index (χ2v) is 12.4. The number of amides is 8. The first-order valence-corrected chi connectivity index (χ1v) is 16.8. The van der Waals surface area contributed by atoms with Gasteiger partial charge in [-0.1, -0.05) is 13.8 Å². The number of H-pyrrole nitrogens is 2. The van der Waals surface area contributed by atoms with E-state index in [1.807, 2.05) is 0 Å². The Balaban J connectivity index is 2.11. The van der Waals surface area contributed by atoms with Crippen molar-refractivity contribution in [2.24, 2.45) is 17.4 Å². The number of carboxylic acid groups (broad SMARTS) is 1. The predicted octanol–water partition coefficient (Wildman–Crippen LogP) is -6.47. The normalized spacial score (nSPS) is 13.5. The summed E-state index contributed by atoms with van der Waals surface area (Å²) in [5, 5.41) is 34.7. The number of aliphatic hydroxyl groups is 1. The number of carbonyl (C=O) groups excluding carboxylic acids is 8. The second kappa shape index (κ2) is 22.6. The molecule has 8 amide bonds. The van der Waals surface area contributed by atoms with Crippen molar-refractivity contribution < 1.29 is 53.4 Å². The van der Waals surface area contributed by atoms with Crippen molar-refractivity contribution in [3.8, 4) is 0 Å². The number of aliphatic carboxylic acids is 1. The van der Waals surface area contributed by atoms with Crippen molar-refractivity contribution in [3.05, 3.63) is 36.4 Å². The van der Waals surface area contributed by atoms with E-state index in [4.69, 9.17) is 16.6 Å². The minimum absolute atomic E-state index is 0.119. The van der Waals surface area contributed by atoms with Gasteiger partial charge >= 0.3 is 5.97 Å². The number of nitrogens with zero attached hydrogens (tertiary/aromatic N) is 2. The molecule has 0 spiro atoms. The van der Waals surface area contributed by atoms with Crippen molar-refractivity contribution in [2.75, 3.05) is 26.2 Å². The number of rotatable bonds is 24. The number of nitrogens with one attached hydrogen (secondary N) is 9. The van der Waals surface area contributed by atoms with Gasteiger partial charge in [0, 0.05) is 43.0 Å². The standard InChI is InChI=1S/C31H47N13O11/c1-15(2)26(31(54)55)44-25(49)11-38-29(52)21(6-17-8-35-14-40-17)43-30(53)19(3-4-22(33)46)41-23(47)10-37-28(51)20(5-16-7-34-13-39-16)42-24(48)9-36-27(50)18(32)12-45/h7-8,13-15,18-21,26,45H,3-6,9-12,32H2,1-2H3,(H2,33,46)(H,34,39)(H,35,40)(H,36,50)(H,37,51)(H,38,52)(H,41,47)(H,42,48)(H,43,53)(H,44,49)(H,54,55)/t18-,19-,20-,21-,26-/m0/s1. The van der Waals surface area contributed by atoms with Crippen LogP contribution in [0.2, 0.25) is 0 Å². The minimum Gasteiger partial charge on any atom is -0.480 e. The quantitative estimate of drug-likeness (QED) is 0.0472. The Morgan fingerprint density at radius 2 is 1.15 bits per heavy atom. The van der Waals surface area contributed by atoms with Crippen LogP contribution in [0, 0.1) is 5.92 Å². The van der Waals surface area contributed by atoms with E-state index in [-0.39, 0.29) is 25.7 Å². The smallest absolute Gasteiger partial charge is 0.326 e. The van der Waals surface area contributed by atoms with E-state index in [2.05, 4.69) is 57.2 Å². The zero-order valence-electron chi connectivity index (χ0n) is 30.0. The van der Waals surface area contributed by atoms with Crippen molar-refractivity contribution in [2.45, 2.75) is 69.7 Å². The number of primary amides is 1. The van der Waals surface area contributed by atoms with Crippen LogP contribution in [-0.2, 0) is 56.0 Å².